The quantitative estimate of drug-likeness (QED) is 0.373. The van der Waals surface area contributed by atoms with Crippen LogP contribution in [0.3, 0.4) is 0 Å². The lowest BCUT2D eigenvalue weighted by molar-refractivity contribution is -0.143. The number of aryl methyl sites for hydroxylation is 1. The summed E-state index contributed by atoms with van der Waals surface area (Å²) in [6.07, 6.45) is 4.60. The van der Waals surface area contributed by atoms with E-state index in [-0.39, 0.29) is 31.0 Å². The molecule has 3 aromatic carbocycles. The number of rotatable bonds is 11. The van der Waals surface area contributed by atoms with Gasteiger partial charge in [0.25, 0.3) is 5.91 Å². The van der Waals surface area contributed by atoms with Crippen molar-refractivity contribution in [1.29, 1.82) is 0 Å². The van der Waals surface area contributed by atoms with E-state index in [1.165, 1.54) is 0 Å². The van der Waals surface area contributed by atoms with Crippen molar-refractivity contribution in [3.63, 3.8) is 0 Å². The van der Waals surface area contributed by atoms with Crippen LogP contribution in [0.2, 0.25) is 0 Å². The van der Waals surface area contributed by atoms with Crippen LogP contribution in [-0.4, -0.2) is 42.5 Å². The van der Waals surface area contributed by atoms with Gasteiger partial charge in [-0.25, -0.2) is 0 Å². The second kappa shape index (κ2) is 13.1. The minimum Gasteiger partial charge on any atom is -0.497 e. The highest BCUT2D eigenvalue weighted by atomic mass is 16.5. The number of ether oxygens (including phenoxy) is 2. The Hall–Kier alpha value is -3.80. The molecule has 0 aromatic heterocycles. The van der Waals surface area contributed by atoms with E-state index in [0.717, 1.165) is 47.9 Å². The Balaban J connectivity index is 1.63. The molecule has 1 aliphatic carbocycles. The van der Waals surface area contributed by atoms with Gasteiger partial charge in [0.05, 0.1) is 7.11 Å². The molecule has 200 valence electrons. The minimum atomic E-state index is -0.682. The average Bonchev–Trinajstić information content (AvgIpc) is 3.45. The van der Waals surface area contributed by atoms with E-state index < -0.39 is 6.04 Å². The molecular weight excluding hydrogens is 476 g/mol. The summed E-state index contributed by atoms with van der Waals surface area (Å²) >= 11 is 0. The normalized spacial score (nSPS) is 14.1. The van der Waals surface area contributed by atoms with E-state index in [1.807, 2.05) is 86.6 Å². The highest BCUT2D eigenvalue weighted by Crippen LogP contribution is 2.23. The summed E-state index contributed by atoms with van der Waals surface area (Å²) in [5, 5.41) is 3.23. The molecule has 0 bridgehead atoms. The number of nitrogens with zero attached hydrogens (tertiary/aromatic N) is 1. The van der Waals surface area contributed by atoms with Crippen molar-refractivity contribution in [1.82, 2.24) is 10.2 Å². The molecule has 0 unspecified atom stereocenters. The lowest BCUT2D eigenvalue weighted by Crippen LogP contribution is -2.53. The molecular formula is C32H38N2O4. The van der Waals surface area contributed by atoms with E-state index in [9.17, 15) is 9.59 Å². The predicted octanol–water partition coefficient (Wildman–Crippen LogP) is 5.39. The van der Waals surface area contributed by atoms with Crippen LogP contribution in [0.15, 0.2) is 72.8 Å². The van der Waals surface area contributed by atoms with E-state index in [2.05, 4.69) is 5.32 Å². The predicted molar refractivity (Wildman–Crippen MR) is 149 cm³/mol. The molecule has 1 saturated carbocycles. The Kier molecular flexibility index (Phi) is 9.41. The van der Waals surface area contributed by atoms with Crippen molar-refractivity contribution in [2.45, 2.75) is 64.6 Å². The smallest absolute Gasteiger partial charge is 0.261 e. The zero-order valence-electron chi connectivity index (χ0n) is 22.6. The summed E-state index contributed by atoms with van der Waals surface area (Å²) in [4.78, 5) is 29.3. The summed E-state index contributed by atoms with van der Waals surface area (Å²) < 4.78 is 11.4. The molecule has 38 heavy (non-hydrogen) atoms. The highest BCUT2D eigenvalue weighted by Gasteiger charge is 2.32. The van der Waals surface area contributed by atoms with Crippen LogP contribution in [0.4, 0.5) is 0 Å². The van der Waals surface area contributed by atoms with Gasteiger partial charge < -0.3 is 19.7 Å². The molecule has 1 fully saturated rings. The van der Waals surface area contributed by atoms with Crippen LogP contribution in [0.25, 0.3) is 0 Å². The Labute approximate surface area is 226 Å². The molecule has 1 aliphatic rings. The molecule has 0 aliphatic heterocycles. The van der Waals surface area contributed by atoms with E-state index in [1.54, 1.807) is 12.0 Å². The number of nitrogens with one attached hydrogen (secondary N) is 1. The van der Waals surface area contributed by atoms with E-state index >= 15 is 0 Å². The van der Waals surface area contributed by atoms with Crippen LogP contribution in [0.1, 0.15) is 47.9 Å². The number of hydrogen-bond donors (Lipinski definition) is 1. The zero-order chi connectivity index (χ0) is 26.9. The molecule has 0 saturated heterocycles. The number of methoxy groups -OCH3 is 1. The summed E-state index contributed by atoms with van der Waals surface area (Å²) in [6.45, 7) is 4.11. The molecule has 1 atom stereocenters. The third kappa shape index (κ3) is 7.15. The highest BCUT2D eigenvalue weighted by molar-refractivity contribution is 5.88. The third-order valence-corrected chi connectivity index (χ3v) is 7.37. The van der Waals surface area contributed by atoms with Gasteiger partial charge in [-0.3, -0.25) is 9.59 Å². The largest absolute Gasteiger partial charge is 0.497 e. The first-order chi connectivity index (χ1) is 18.4. The molecule has 0 radical (unpaired) electrons. The number of amides is 2. The van der Waals surface area contributed by atoms with E-state index in [0.29, 0.717) is 17.9 Å². The average molecular weight is 515 g/mol. The Bertz CT molecular complexity index is 1220. The van der Waals surface area contributed by atoms with Gasteiger partial charge in [0.1, 0.15) is 17.5 Å². The molecule has 4 rings (SSSR count). The van der Waals surface area contributed by atoms with Crippen molar-refractivity contribution in [3.05, 3.63) is 95.1 Å². The molecule has 2 amide bonds. The Morgan fingerprint density at radius 3 is 2.39 bits per heavy atom. The maximum absolute atomic E-state index is 13.8. The monoisotopic (exact) mass is 514 g/mol. The van der Waals surface area contributed by atoms with Crippen LogP contribution >= 0.6 is 0 Å². The summed E-state index contributed by atoms with van der Waals surface area (Å²) in [7, 11) is 1.62. The van der Waals surface area contributed by atoms with Crippen molar-refractivity contribution in [2.75, 3.05) is 13.7 Å². The minimum absolute atomic E-state index is 0.122. The lowest BCUT2D eigenvalue weighted by atomic mass is 10.0. The lowest BCUT2D eigenvalue weighted by Gasteiger charge is -2.32. The molecule has 1 N–H and O–H groups in total. The van der Waals surface area contributed by atoms with Gasteiger partial charge in [-0.05, 0) is 67.1 Å². The van der Waals surface area contributed by atoms with Gasteiger partial charge in [-0.2, -0.15) is 0 Å². The van der Waals surface area contributed by atoms with Crippen molar-refractivity contribution < 1.29 is 19.1 Å². The standard InChI is InChI=1S/C32H38N2O4/c1-23-11-9-18-30(24(23)2)38-22-31(35)34(21-26-14-10-17-28(19-26)37-3)29(20-25-12-5-4-6-13-25)32(36)33-27-15-7-8-16-27/h4-6,9-14,17-19,27,29H,7-8,15-16,20-22H2,1-3H3,(H,33,36)/t29-/m0/s1. The summed E-state index contributed by atoms with van der Waals surface area (Å²) in [5.74, 6) is 1.02. The molecule has 0 spiro atoms. The first-order valence-electron chi connectivity index (χ1n) is 13.4. The molecule has 6 heteroatoms. The third-order valence-electron chi connectivity index (χ3n) is 7.37. The van der Waals surface area contributed by atoms with Gasteiger partial charge in [0, 0.05) is 19.0 Å². The Morgan fingerprint density at radius 2 is 1.66 bits per heavy atom. The maximum Gasteiger partial charge on any atom is 0.261 e. The van der Waals surface area contributed by atoms with Crippen molar-refractivity contribution >= 4 is 11.8 Å². The number of benzene rings is 3. The van der Waals surface area contributed by atoms with Crippen LogP contribution < -0.4 is 14.8 Å². The SMILES string of the molecule is COc1cccc(CN(C(=O)COc2cccc(C)c2C)[C@@H](Cc2ccccc2)C(=O)NC2CCCC2)c1. The Morgan fingerprint density at radius 1 is 0.947 bits per heavy atom. The number of hydrogen-bond acceptors (Lipinski definition) is 4. The van der Waals surface area contributed by atoms with Gasteiger partial charge >= 0.3 is 0 Å². The first-order valence-corrected chi connectivity index (χ1v) is 13.4. The fraction of sp³-hybridized carbons (Fsp3) is 0.375. The first kappa shape index (κ1) is 27.2. The zero-order valence-corrected chi connectivity index (χ0v) is 22.6. The van der Waals surface area contributed by atoms with Crippen molar-refractivity contribution in [3.8, 4) is 11.5 Å². The molecule has 0 heterocycles. The maximum atomic E-state index is 13.8. The van der Waals surface area contributed by atoms with Crippen LogP contribution in [-0.2, 0) is 22.6 Å². The number of carbonyl (C=O) groups is 2. The molecule has 3 aromatic rings. The van der Waals surface area contributed by atoms with Gasteiger partial charge in [-0.1, -0.05) is 67.4 Å². The second-order valence-corrected chi connectivity index (χ2v) is 10.1. The number of carbonyl (C=O) groups excluding carboxylic acids is 2. The fourth-order valence-corrected chi connectivity index (χ4v) is 4.99. The second-order valence-electron chi connectivity index (χ2n) is 10.1. The fourth-order valence-electron chi connectivity index (χ4n) is 4.99. The van der Waals surface area contributed by atoms with Crippen LogP contribution in [0, 0.1) is 13.8 Å². The summed E-state index contributed by atoms with van der Waals surface area (Å²) in [5.41, 5.74) is 3.98. The van der Waals surface area contributed by atoms with Crippen LogP contribution in [0.5, 0.6) is 11.5 Å². The van der Waals surface area contributed by atoms with Gasteiger partial charge in [-0.15, -0.1) is 0 Å². The van der Waals surface area contributed by atoms with E-state index in [4.69, 9.17) is 9.47 Å². The molecule has 6 nitrogen and oxygen atoms in total. The van der Waals surface area contributed by atoms with Crippen molar-refractivity contribution in [2.24, 2.45) is 0 Å². The van der Waals surface area contributed by atoms with Gasteiger partial charge in [0.15, 0.2) is 6.61 Å². The summed E-state index contributed by atoms with van der Waals surface area (Å²) in [6, 6.07) is 22.8. The topological polar surface area (TPSA) is 67.9 Å². The van der Waals surface area contributed by atoms with Gasteiger partial charge in [0.2, 0.25) is 5.91 Å².